The molecule has 0 aliphatic carbocycles. The molecule has 3 aromatic carbocycles. The molecule has 0 aliphatic rings. The summed E-state index contributed by atoms with van der Waals surface area (Å²) in [6, 6.07) is 17.3. The third-order valence-corrected chi connectivity index (χ3v) is 6.64. The van der Waals surface area contributed by atoms with Crippen LogP contribution in [0.2, 0.25) is 0 Å². The number of aryl methyl sites for hydroxylation is 4. The third kappa shape index (κ3) is 1.80. The van der Waals surface area contributed by atoms with Gasteiger partial charge in [0, 0.05) is 16.8 Å². The molecule has 138 valence electrons. The zero-order valence-corrected chi connectivity index (χ0v) is 17.0. The lowest BCUT2D eigenvalue weighted by Gasteiger charge is -2.16. The van der Waals surface area contributed by atoms with Gasteiger partial charge in [-0.25, -0.2) is 4.57 Å². The van der Waals surface area contributed by atoms with Gasteiger partial charge in [-0.15, -0.1) is 0 Å². The van der Waals surface area contributed by atoms with Crippen molar-refractivity contribution in [1.29, 1.82) is 5.26 Å². The van der Waals surface area contributed by atoms with E-state index in [-0.39, 0.29) is 0 Å². The van der Waals surface area contributed by atoms with Crippen LogP contribution >= 0.6 is 0 Å². The molecule has 0 spiro atoms. The van der Waals surface area contributed by atoms with E-state index in [0.29, 0.717) is 0 Å². The quantitative estimate of drug-likeness (QED) is 0.193. The van der Waals surface area contributed by atoms with E-state index in [2.05, 4.69) is 79.4 Å². The molecule has 0 saturated carbocycles. The van der Waals surface area contributed by atoms with Gasteiger partial charge >= 0.3 is 0 Å². The number of benzene rings is 3. The van der Waals surface area contributed by atoms with Gasteiger partial charge in [0.1, 0.15) is 7.05 Å². The highest BCUT2D eigenvalue weighted by molar-refractivity contribution is 6.28. The Morgan fingerprint density at radius 2 is 1.72 bits per heavy atom. The highest BCUT2D eigenvalue weighted by Crippen LogP contribution is 2.42. The Morgan fingerprint density at radius 1 is 0.897 bits per heavy atom. The second-order valence-electron chi connectivity index (χ2n) is 8.21. The van der Waals surface area contributed by atoms with Crippen molar-refractivity contribution in [3.63, 3.8) is 0 Å². The molecule has 0 bridgehead atoms. The highest BCUT2D eigenvalue weighted by atomic mass is 15.0. The van der Waals surface area contributed by atoms with E-state index < -0.39 is 0 Å². The van der Waals surface area contributed by atoms with Crippen LogP contribution in [0.3, 0.4) is 0 Å². The summed E-state index contributed by atoms with van der Waals surface area (Å²) in [5, 5.41) is 15.8. The van der Waals surface area contributed by atoms with Crippen molar-refractivity contribution >= 4 is 49.0 Å². The van der Waals surface area contributed by atoms with Crippen LogP contribution in [0.5, 0.6) is 0 Å². The summed E-state index contributed by atoms with van der Waals surface area (Å²) in [6.07, 6.45) is 2.16. The molecule has 0 saturated heterocycles. The number of pyridine rings is 2. The van der Waals surface area contributed by atoms with Crippen LogP contribution in [-0.2, 0) is 7.05 Å². The molecular formula is C26H20N3+. The summed E-state index contributed by atoms with van der Waals surface area (Å²) in [5.74, 6) is 0. The number of nitrogens with zero attached hydrogens (tertiary/aromatic N) is 3. The minimum atomic E-state index is 0.734. The van der Waals surface area contributed by atoms with Crippen LogP contribution in [0.4, 0.5) is 0 Å². The maximum Gasteiger partial charge on any atom is 0.224 e. The molecule has 6 rings (SSSR count). The van der Waals surface area contributed by atoms with E-state index in [1.54, 1.807) is 0 Å². The SMILES string of the molecule is Cc1cc(C)c2c(c1C)c1c3c(ccc4c5c(C#N)cccc5n2c43)cc[n+]1C. The van der Waals surface area contributed by atoms with Gasteiger partial charge in [0.15, 0.2) is 6.20 Å². The van der Waals surface area contributed by atoms with Gasteiger partial charge in [0.2, 0.25) is 5.52 Å². The molecule has 0 N–H and O–H groups in total. The van der Waals surface area contributed by atoms with Crippen molar-refractivity contribution in [2.75, 3.05) is 0 Å². The van der Waals surface area contributed by atoms with Crippen molar-refractivity contribution in [1.82, 2.24) is 4.40 Å². The van der Waals surface area contributed by atoms with Crippen LogP contribution < -0.4 is 4.57 Å². The van der Waals surface area contributed by atoms with E-state index in [0.717, 1.165) is 21.9 Å². The van der Waals surface area contributed by atoms with E-state index in [1.165, 1.54) is 49.4 Å². The van der Waals surface area contributed by atoms with Crippen LogP contribution in [-0.4, -0.2) is 4.40 Å². The number of nitriles is 1. The largest absolute Gasteiger partial charge is 0.307 e. The maximum atomic E-state index is 9.81. The minimum Gasteiger partial charge on any atom is -0.307 e. The van der Waals surface area contributed by atoms with Gasteiger partial charge in [0.25, 0.3) is 0 Å². The molecule has 3 heterocycles. The lowest BCUT2D eigenvalue weighted by Crippen LogP contribution is -2.29. The van der Waals surface area contributed by atoms with E-state index in [1.807, 2.05) is 12.1 Å². The highest BCUT2D eigenvalue weighted by Gasteiger charge is 2.25. The van der Waals surface area contributed by atoms with Crippen molar-refractivity contribution < 1.29 is 4.57 Å². The number of hydrogen-bond donors (Lipinski definition) is 0. The molecule has 6 aromatic rings. The molecule has 3 nitrogen and oxygen atoms in total. The number of rotatable bonds is 0. The molecule has 0 fully saturated rings. The smallest absolute Gasteiger partial charge is 0.224 e. The molecular weight excluding hydrogens is 354 g/mol. The summed E-state index contributed by atoms with van der Waals surface area (Å²) in [4.78, 5) is 0. The first-order valence-corrected chi connectivity index (χ1v) is 9.93. The van der Waals surface area contributed by atoms with Crippen LogP contribution in [0, 0.1) is 32.1 Å². The predicted molar refractivity (Wildman–Crippen MR) is 119 cm³/mol. The fraction of sp³-hybridized carbons (Fsp3) is 0.154. The Labute approximate surface area is 168 Å². The Hall–Kier alpha value is -3.64. The van der Waals surface area contributed by atoms with Crippen LogP contribution in [0.25, 0.3) is 49.0 Å². The fourth-order valence-electron chi connectivity index (χ4n) is 5.28. The number of hydrogen-bond acceptors (Lipinski definition) is 1. The zero-order valence-electron chi connectivity index (χ0n) is 17.0. The van der Waals surface area contributed by atoms with Gasteiger partial charge in [-0.3, -0.25) is 0 Å². The first kappa shape index (κ1) is 16.3. The maximum absolute atomic E-state index is 9.81. The second kappa shape index (κ2) is 5.24. The van der Waals surface area contributed by atoms with Gasteiger partial charge in [-0.1, -0.05) is 24.3 Å². The number of aromatic nitrogens is 2. The van der Waals surface area contributed by atoms with Gasteiger partial charge in [-0.2, -0.15) is 5.26 Å². The minimum absolute atomic E-state index is 0.734. The summed E-state index contributed by atoms with van der Waals surface area (Å²) < 4.78 is 4.65. The number of fused-ring (bicyclic) bond motifs is 6. The Balaban J connectivity index is 2.17. The van der Waals surface area contributed by atoms with E-state index in [9.17, 15) is 5.26 Å². The third-order valence-electron chi connectivity index (χ3n) is 6.64. The molecule has 29 heavy (non-hydrogen) atoms. The molecule has 0 radical (unpaired) electrons. The normalized spacial score (nSPS) is 12.1. The van der Waals surface area contributed by atoms with Gasteiger partial charge < -0.3 is 4.40 Å². The average Bonchev–Trinajstić information content (AvgIpc) is 3.06. The molecule has 3 aromatic heterocycles. The summed E-state index contributed by atoms with van der Waals surface area (Å²) in [6.45, 7) is 6.62. The van der Waals surface area contributed by atoms with Gasteiger partial charge in [0.05, 0.1) is 39.0 Å². The molecule has 0 unspecified atom stereocenters. The first-order chi connectivity index (χ1) is 14.0. The van der Waals surface area contributed by atoms with Gasteiger partial charge in [-0.05, 0) is 55.0 Å². The monoisotopic (exact) mass is 374 g/mol. The van der Waals surface area contributed by atoms with Crippen molar-refractivity contribution in [3.8, 4) is 6.07 Å². The van der Waals surface area contributed by atoms with Crippen molar-refractivity contribution in [2.45, 2.75) is 20.8 Å². The van der Waals surface area contributed by atoms with E-state index >= 15 is 0 Å². The lowest BCUT2D eigenvalue weighted by atomic mass is 9.95. The summed E-state index contributed by atoms with van der Waals surface area (Å²) >= 11 is 0. The first-order valence-electron chi connectivity index (χ1n) is 9.93. The van der Waals surface area contributed by atoms with Crippen LogP contribution in [0.15, 0.2) is 48.7 Å². The Kier molecular flexibility index (Phi) is 2.95. The standard InChI is InChI=1S/C26H20N3/c1-14-12-15(2)24-21(16(14)3)26-23-17(10-11-28(26)4)8-9-19-22-18(13-27)6-5-7-20(22)29(24)25(19)23/h5-12H,1-4H3/q+1. The summed E-state index contributed by atoms with van der Waals surface area (Å²) in [5.41, 5.74) is 9.44. The average molecular weight is 374 g/mol. The topological polar surface area (TPSA) is 32.1 Å². The zero-order chi connectivity index (χ0) is 20.0. The molecule has 0 atom stereocenters. The Bertz CT molecular complexity index is 1690. The van der Waals surface area contributed by atoms with E-state index in [4.69, 9.17) is 0 Å². The van der Waals surface area contributed by atoms with Crippen molar-refractivity contribution in [3.05, 3.63) is 70.9 Å². The fourth-order valence-corrected chi connectivity index (χ4v) is 5.28. The summed E-state index contributed by atoms with van der Waals surface area (Å²) in [7, 11) is 2.13. The molecule has 0 amide bonds. The lowest BCUT2D eigenvalue weighted by molar-refractivity contribution is -0.643. The second-order valence-corrected chi connectivity index (χ2v) is 8.21. The van der Waals surface area contributed by atoms with Crippen LogP contribution in [0.1, 0.15) is 22.3 Å². The molecule has 3 heteroatoms. The predicted octanol–water partition coefficient (Wildman–Crippen LogP) is 5.61. The Morgan fingerprint density at radius 3 is 2.52 bits per heavy atom. The molecule has 0 aliphatic heterocycles. The van der Waals surface area contributed by atoms with Crippen molar-refractivity contribution in [2.24, 2.45) is 7.05 Å².